The van der Waals surface area contributed by atoms with Gasteiger partial charge in [-0.1, -0.05) is 11.6 Å². The third kappa shape index (κ3) is 2.02. The fraction of sp³-hybridized carbons (Fsp3) is 0. The zero-order valence-electron chi connectivity index (χ0n) is 5.64. The second kappa shape index (κ2) is 4.10. The van der Waals surface area contributed by atoms with Crippen molar-refractivity contribution in [2.24, 2.45) is 0 Å². The highest BCUT2D eigenvalue weighted by Crippen LogP contribution is 2.26. The molecule has 0 radical (unpaired) electrons. The van der Waals surface area contributed by atoms with Crippen LogP contribution >= 0.6 is 56.8 Å². The number of benzene rings is 1. The number of carbonyl (C=O) groups is 1. The minimum Gasteiger partial charge on any atom is -0.478 e. The Kier molecular flexibility index (Phi) is 3.59. The maximum absolute atomic E-state index is 10.6. The minimum absolute atomic E-state index is 0.296. The Morgan fingerprint density at radius 1 is 1.33 bits per heavy atom. The second-order valence-electron chi connectivity index (χ2n) is 2.03. The molecule has 0 atom stereocenters. The van der Waals surface area contributed by atoms with E-state index in [1.807, 2.05) is 45.2 Å². The first-order chi connectivity index (χ1) is 5.54. The second-order valence-corrected chi connectivity index (χ2v) is 4.59. The summed E-state index contributed by atoms with van der Waals surface area (Å²) in [5.41, 5.74) is 0.296. The molecular weight excluding hydrogens is 405 g/mol. The van der Waals surface area contributed by atoms with Gasteiger partial charge in [-0.3, -0.25) is 0 Å². The lowest BCUT2D eigenvalue weighted by Gasteiger charge is -2.02. The molecule has 1 rings (SSSR count). The van der Waals surface area contributed by atoms with E-state index in [9.17, 15) is 4.79 Å². The van der Waals surface area contributed by atoms with Gasteiger partial charge in [0, 0.05) is 7.14 Å². The molecule has 0 heterocycles. The summed E-state index contributed by atoms with van der Waals surface area (Å²) < 4.78 is 1.47. The Morgan fingerprint density at radius 3 is 2.42 bits per heavy atom. The van der Waals surface area contributed by atoms with Gasteiger partial charge >= 0.3 is 5.97 Å². The molecule has 0 aromatic heterocycles. The maximum Gasteiger partial charge on any atom is 0.336 e. The SMILES string of the molecule is O=C(O)c1ccc(Cl)c(I)c1I. The van der Waals surface area contributed by atoms with Crippen LogP contribution in [-0.4, -0.2) is 11.1 Å². The molecule has 2 nitrogen and oxygen atoms in total. The summed E-state index contributed by atoms with van der Waals surface area (Å²) in [6, 6.07) is 3.10. The van der Waals surface area contributed by atoms with E-state index in [4.69, 9.17) is 16.7 Å². The van der Waals surface area contributed by atoms with E-state index in [1.165, 1.54) is 6.07 Å². The molecule has 64 valence electrons. The first-order valence-electron chi connectivity index (χ1n) is 2.91. The fourth-order valence-electron chi connectivity index (χ4n) is 0.691. The Balaban J connectivity index is 3.36. The highest BCUT2D eigenvalue weighted by molar-refractivity contribution is 14.1. The number of rotatable bonds is 1. The topological polar surface area (TPSA) is 37.3 Å². The lowest BCUT2D eigenvalue weighted by molar-refractivity contribution is 0.0695. The monoisotopic (exact) mass is 408 g/mol. The van der Waals surface area contributed by atoms with Crippen LogP contribution in [0.3, 0.4) is 0 Å². The largest absolute Gasteiger partial charge is 0.478 e. The maximum atomic E-state index is 10.6. The van der Waals surface area contributed by atoms with Gasteiger partial charge in [0.15, 0.2) is 0 Å². The Morgan fingerprint density at radius 2 is 1.92 bits per heavy atom. The van der Waals surface area contributed by atoms with Crippen molar-refractivity contribution in [2.75, 3.05) is 0 Å². The number of aromatic carboxylic acids is 1. The van der Waals surface area contributed by atoms with Gasteiger partial charge in [-0.2, -0.15) is 0 Å². The van der Waals surface area contributed by atoms with Crippen LogP contribution in [0.5, 0.6) is 0 Å². The summed E-state index contributed by atoms with van der Waals surface area (Å²) in [6.07, 6.45) is 0. The first-order valence-corrected chi connectivity index (χ1v) is 5.44. The summed E-state index contributed by atoms with van der Waals surface area (Å²) in [6.45, 7) is 0. The quantitative estimate of drug-likeness (QED) is 0.572. The normalized spacial score (nSPS) is 9.92. The average molecular weight is 408 g/mol. The fourth-order valence-corrected chi connectivity index (χ4v) is 2.18. The molecule has 0 amide bonds. The third-order valence-electron chi connectivity index (χ3n) is 1.27. The van der Waals surface area contributed by atoms with E-state index in [0.717, 1.165) is 3.57 Å². The molecule has 1 aromatic carbocycles. The molecule has 1 aromatic rings. The van der Waals surface area contributed by atoms with Crippen molar-refractivity contribution in [1.29, 1.82) is 0 Å². The van der Waals surface area contributed by atoms with Crippen LogP contribution < -0.4 is 0 Å². The van der Waals surface area contributed by atoms with E-state index >= 15 is 0 Å². The molecule has 0 aliphatic heterocycles. The van der Waals surface area contributed by atoms with Crippen LogP contribution in [0.1, 0.15) is 10.4 Å². The van der Waals surface area contributed by atoms with Crippen LogP contribution in [-0.2, 0) is 0 Å². The van der Waals surface area contributed by atoms with Gasteiger partial charge in [0.2, 0.25) is 0 Å². The molecule has 0 saturated carbocycles. The summed E-state index contributed by atoms with van der Waals surface area (Å²) in [5, 5.41) is 9.32. The lowest BCUT2D eigenvalue weighted by atomic mass is 10.2. The summed E-state index contributed by atoms with van der Waals surface area (Å²) in [5.74, 6) is -0.922. The van der Waals surface area contributed by atoms with E-state index in [1.54, 1.807) is 6.07 Å². The molecule has 0 aliphatic rings. The van der Waals surface area contributed by atoms with Gasteiger partial charge in [-0.25, -0.2) is 4.79 Å². The molecule has 0 bridgehead atoms. The lowest BCUT2D eigenvalue weighted by Crippen LogP contribution is -2.01. The average Bonchev–Trinajstić information content (AvgIpc) is 2.00. The molecule has 0 spiro atoms. The zero-order chi connectivity index (χ0) is 9.30. The van der Waals surface area contributed by atoms with E-state index < -0.39 is 5.97 Å². The summed E-state index contributed by atoms with van der Waals surface area (Å²) in [7, 11) is 0. The van der Waals surface area contributed by atoms with Gasteiger partial charge in [-0.15, -0.1) is 0 Å². The predicted octanol–water partition coefficient (Wildman–Crippen LogP) is 3.25. The Hall–Kier alpha value is 0.440. The molecule has 5 heteroatoms. The van der Waals surface area contributed by atoms with Crippen LogP contribution in [0.2, 0.25) is 5.02 Å². The minimum atomic E-state index is -0.922. The molecule has 0 aliphatic carbocycles. The van der Waals surface area contributed by atoms with Crippen molar-refractivity contribution in [3.8, 4) is 0 Å². The predicted molar refractivity (Wildman–Crippen MR) is 63.8 cm³/mol. The van der Waals surface area contributed by atoms with E-state index in [-0.39, 0.29) is 0 Å². The smallest absolute Gasteiger partial charge is 0.336 e. The number of hydrogen-bond acceptors (Lipinski definition) is 1. The van der Waals surface area contributed by atoms with Crippen molar-refractivity contribution in [1.82, 2.24) is 0 Å². The number of hydrogen-bond donors (Lipinski definition) is 1. The van der Waals surface area contributed by atoms with Crippen molar-refractivity contribution in [3.05, 3.63) is 29.9 Å². The highest BCUT2D eigenvalue weighted by Gasteiger charge is 2.12. The first kappa shape index (κ1) is 10.5. The zero-order valence-corrected chi connectivity index (χ0v) is 10.7. The van der Waals surface area contributed by atoms with E-state index in [0.29, 0.717) is 14.2 Å². The van der Waals surface area contributed by atoms with Crippen molar-refractivity contribution < 1.29 is 9.90 Å². The highest BCUT2D eigenvalue weighted by atomic mass is 127. The van der Waals surface area contributed by atoms with Gasteiger partial charge in [-0.05, 0) is 57.3 Å². The van der Waals surface area contributed by atoms with Crippen LogP contribution in [0.25, 0.3) is 0 Å². The Labute approximate surface area is 102 Å². The molecule has 0 fully saturated rings. The van der Waals surface area contributed by atoms with Gasteiger partial charge < -0.3 is 5.11 Å². The van der Waals surface area contributed by atoms with E-state index in [2.05, 4.69) is 0 Å². The summed E-state index contributed by atoms with van der Waals surface area (Å²) in [4.78, 5) is 10.6. The summed E-state index contributed by atoms with van der Waals surface area (Å²) >= 11 is 9.78. The third-order valence-corrected chi connectivity index (χ3v) is 5.17. The van der Waals surface area contributed by atoms with Gasteiger partial charge in [0.1, 0.15) is 0 Å². The number of carboxylic acids is 1. The van der Waals surface area contributed by atoms with Gasteiger partial charge in [0.05, 0.1) is 10.6 Å². The molecular formula is C7H3ClI2O2. The number of halogens is 3. The molecule has 12 heavy (non-hydrogen) atoms. The van der Waals surface area contributed by atoms with Crippen LogP contribution in [0.15, 0.2) is 12.1 Å². The molecule has 0 unspecified atom stereocenters. The standard InChI is InChI=1S/C7H3ClI2O2/c8-4-2-1-3(7(11)12)5(9)6(4)10/h1-2H,(H,11,12). The van der Waals surface area contributed by atoms with Crippen LogP contribution in [0, 0.1) is 7.14 Å². The van der Waals surface area contributed by atoms with Crippen LogP contribution in [0.4, 0.5) is 0 Å². The van der Waals surface area contributed by atoms with Crippen molar-refractivity contribution in [3.63, 3.8) is 0 Å². The van der Waals surface area contributed by atoms with Crippen molar-refractivity contribution >= 4 is 62.8 Å². The molecule has 1 N–H and O–H groups in total. The molecule has 0 saturated heterocycles. The van der Waals surface area contributed by atoms with Gasteiger partial charge in [0.25, 0.3) is 0 Å². The Bertz CT molecular complexity index is 338. The number of carboxylic acid groups (broad SMARTS) is 1. The van der Waals surface area contributed by atoms with Crippen molar-refractivity contribution in [2.45, 2.75) is 0 Å².